The van der Waals surface area contributed by atoms with Crippen LogP contribution in [0.2, 0.25) is 0 Å². The molecule has 0 heterocycles. The van der Waals surface area contributed by atoms with Gasteiger partial charge in [-0.15, -0.1) is 10.1 Å². The first-order valence-electron chi connectivity index (χ1n) is 0.565. The van der Waals surface area contributed by atoms with Gasteiger partial charge in [0.15, 0.2) is 0 Å². The van der Waals surface area contributed by atoms with Crippen molar-refractivity contribution in [3.8, 4) is 0 Å². The molecule has 5 heteroatoms. The Bertz CT molecular complexity index is 33.8. The summed E-state index contributed by atoms with van der Waals surface area (Å²) in [6.07, 6.45) is 0. The monoisotopic (exact) mass is 101 g/mol. The van der Waals surface area contributed by atoms with Crippen molar-refractivity contribution in [3.05, 3.63) is 17.5 Å². The Balaban J connectivity index is -0.0000000450. The van der Waals surface area contributed by atoms with E-state index in [2.05, 4.69) is 0 Å². The molecule has 0 aromatic heterocycles. The summed E-state index contributed by atoms with van der Waals surface area (Å²) in [7, 11) is 0. The Hall–Kier alpha value is 0.200. The van der Waals surface area contributed by atoms with Crippen molar-refractivity contribution in [2.24, 2.45) is 0 Å². The molecule has 0 amide bonds. The van der Waals surface area contributed by atoms with E-state index in [0.717, 1.165) is 0 Å². The summed E-state index contributed by atoms with van der Waals surface area (Å²) in [5.41, 5.74) is 0. The molecule has 32 valence electrons. The Labute approximate surface area is 57.6 Å². The molecular formula is CH4NNaO3. The molecule has 0 saturated heterocycles. The fourth-order valence-corrected chi connectivity index (χ4v) is 0. The predicted molar refractivity (Wildman–Crippen MR) is 15.2 cm³/mol. The van der Waals surface area contributed by atoms with Crippen LogP contribution in [0.3, 0.4) is 0 Å². The molecule has 0 aromatic carbocycles. The number of hydrogen-bond donors (Lipinski definition) is 1. The number of rotatable bonds is 0. The van der Waals surface area contributed by atoms with Gasteiger partial charge in [0.25, 0.3) is 5.09 Å². The molecule has 0 aliphatic rings. The molecule has 0 aliphatic heterocycles. The van der Waals surface area contributed by atoms with Gasteiger partial charge in [-0.3, -0.25) is 0 Å². The smallest absolute Gasteiger partial charge is 0.358 e. The molecule has 0 rings (SSSR count). The van der Waals surface area contributed by atoms with Gasteiger partial charge < -0.3 is 12.6 Å². The van der Waals surface area contributed by atoms with Crippen LogP contribution in [0.15, 0.2) is 0 Å². The first-order valence-corrected chi connectivity index (χ1v) is 0.565. The average molecular weight is 101 g/mol. The van der Waals surface area contributed by atoms with Crippen LogP contribution in [0.25, 0.3) is 0 Å². The molecule has 6 heavy (non-hydrogen) atoms. The minimum Gasteiger partial charge on any atom is -0.358 e. The normalized spacial score (nSPS) is 4.00. The molecule has 0 bridgehead atoms. The van der Waals surface area contributed by atoms with E-state index in [4.69, 9.17) is 15.3 Å². The molecule has 0 spiro atoms. The van der Waals surface area contributed by atoms with Crippen molar-refractivity contribution in [2.45, 2.75) is 0 Å². The van der Waals surface area contributed by atoms with Gasteiger partial charge in [0, 0.05) is 0 Å². The molecule has 0 aromatic rings. The van der Waals surface area contributed by atoms with Crippen LogP contribution in [0, 0.1) is 17.5 Å². The SMILES string of the molecule is O=[N+]([O-])O.[CH3-].[Na+]. The number of nitrogens with zero attached hydrogens (tertiary/aromatic N) is 1. The summed E-state index contributed by atoms with van der Waals surface area (Å²) >= 11 is 0. The van der Waals surface area contributed by atoms with Crippen molar-refractivity contribution in [2.75, 3.05) is 0 Å². The summed E-state index contributed by atoms with van der Waals surface area (Å²) in [4.78, 5) is 8.36. The van der Waals surface area contributed by atoms with Gasteiger partial charge in [0.2, 0.25) is 0 Å². The van der Waals surface area contributed by atoms with Crippen LogP contribution < -0.4 is 29.6 Å². The predicted octanol–water partition coefficient (Wildman–Crippen LogP) is -2.89. The Morgan fingerprint density at radius 2 is 1.67 bits per heavy atom. The van der Waals surface area contributed by atoms with E-state index in [0.29, 0.717) is 0 Å². The molecule has 0 fully saturated rings. The largest absolute Gasteiger partial charge is 1.00 e. The first-order chi connectivity index (χ1) is 1.73. The first kappa shape index (κ1) is 16.4. The summed E-state index contributed by atoms with van der Waals surface area (Å²) in [6, 6.07) is 0. The van der Waals surface area contributed by atoms with Gasteiger partial charge in [0.05, 0.1) is 0 Å². The fraction of sp³-hybridized carbons (Fsp3) is 0. The summed E-state index contributed by atoms with van der Waals surface area (Å²) in [5, 5.41) is 13.6. The minimum atomic E-state index is -1.50. The van der Waals surface area contributed by atoms with Crippen molar-refractivity contribution >= 4 is 0 Å². The van der Waals surface area contributed by atoms with Gasteiger partial charge in [-0.05, 0) is 0 Å². The number of hydrogen-bond acceptors (Lipinski definition) is 2. The van der Waals surface area contributed by atoms with Crippen LogP contribution in [0.1, 0.15) is 0 Å². The second-order valence-electron chi connectivity index (χ2n) is 0.238. The second-order valence-corrected chi connectivity index (χ2v) is 0.238. The molecule has 0 unspecified atom stereocenters. The topological polar surface area (TPSA) is 63.4 Å². The van der Waals surface area contributed by atoms with E-state index in [-0.39, 0.29) is 37.0 Å². The average Bonchev–Trinajstić information content (AvgIpc) is 0.811. The summed E-state index contributed by atoms with van der Waals surface area (Å²) in [5.74, 6) is 0. The molecule has 1 N–H and O–H groups in total. The third-order valence-corrected chi connectivity index (χ3v) is 0. The zero-order valence-corrected chi connectivity index (χ0v) is 5.71. The second kappa shape index (κ2) is 8.96. The quantitative estimate of drug-likeness (QED) is 0.154. The van der Waals surface area contributed by atoms with E-state index in [1.165, 1.54) is 0 Å². The van der Waals surface area contributed by atoms with Crippen LogP contribution >= 0.6 is 0 Å². The molecule has 0 aliphatic carbocycles. The molecular weight excluding hydrogens is 97.0 g/mol. The van der Waals surface area contributed by atoms with Crippen LogP contribution in [-0.2, 0) is 0 Å². The van der Waals surface area contributed by atoms with Crippen molar-refractivity contribution in [1.82, 2.24) is 0 Å². The van der Waals surface area contributed by atoms with E-state index in [9.17, 15) is 0 Å². The zero-order chi connectivity index (χ0) is 3.58. The maximum Gasteiger partial charge on any atom is 1.00 e. The fourth-order valence-electron chi connectivity index (χ4n) is 0. The Kier molecular flexibility index (Phi) is 24.4. The van der Waals surface area contributed by atoms with E-state index in [1.807, 2.05) is 0 Å². The van der Waals surface area contributed by atoms with Gasteiger partial charge in [-0.1, -0.05) is 0 Å². The van der Waals surface area contributed by atoms with Crippen LogP contribution in [-0.4, -0.2) is 10.3 Å². The zero-order valence-electron chi connectivity index (χ0n) is 3.71. The minimum absolute atomic E-state index is 0. The van der Waals surface area contributed by atoms with Crippen molar-refractivity contribution < 1.29 is 39.9 Å². The maximum atomic E-state index is 8.36. The van der Waals surface area contributed by atoms with Gasteiger partial charge in [0.1, 0.15) is 0 Å². The van der Waals surface area contributed by atoms with E-state index in [1.54, 1.807) is 0 Å². The van der Waals surface area contributed by atoms with Crippen molar-refractivity contribution in [1.29, 1.82) is 0 Å². The summed E-state index contributed by atoms with van der Waals surface area (Å²) in [6.45, 7) is 0. The summed E-state index contributed by atoms with van der Waals surface area (Å²) < 4.78 is 0. The van der Waals surface area contributed by atoms with Crippen molar-refractivity contribution in [3.63, 3.8) is 0 Å². The molecule has 0 atom stereocenters. The third-order valence-electron chi connectivity index (χ3n) is 0. The van der Waals surface area contributed by atoms with Gasteiger partial charge in [-0.25, -0.2) is 0 Å². The van der Waals surface area contributed by atoms with Crippen LogP contribution in [0.5, 0.6) is 0 Å². The van der Waals surface area contributed by atoms with Gasteiger partial charge >= 0.3 is 29.6 Å². The molecule has 0 radical (unpaired) electrons. The van der Waals surface area contributed by atoms with E-state index >= 15 is 0 Å². The molecule has 4 nitrogen and oxygen atoms in total. The third kappa shape index (κ3) is 1080. The Morgan fingerprint density at radius 1 is 1.67 bits per heavy atom. The van der Waals surface area contributed by atoms with Gasteiger partial charge in [-0.2, -0.15) is 0 Å². The molecule has 0 saturated carbocycles. The standard InChI is InChI=1S/CH3.HNO3.Na/c;2-1(3)4;/h1H3;(H,2,3,4);/q-1;;+1. The van der Waals surface area contributed by atoms with E-state index < -0.39 is 5.09 Å². The Morgan fingerprint density at radius 3 is 1.67 bits per heavy atom. The van der Waals surface area contributed by atoms with Crippen LogP contribution in [0.4, 0.5) is 0 Å². The maximum absolute atomic E-state index is 8.36.